The average Bonchev–Trinajstić information content (AvgIpc) is 2.54. The number of carbonyl (C=O) groups excluding carboxylic acids is 1. The van der Waals surface area contributed by atoms with Crippen LogP contribution in [0.1, 0.15) is 38.5 Å². The first-order valence-electron chi connectivity index (χ1n) is 4.86. The van der Waals surface area contributed by atoms with Crippen LogP contribution in [0, 0.1) is 17.3 Å². The molecule has 0 aromatic rings. The highest BCUT2D eigenvalue weighted by Gasteiger charge is 2.60. The SMILES string of the molecule is O=C1C[C@@H]2CC[C@]13CCC[C@@H]23. The Morgan fingerprint density at radius 1 is 1.27 bits per heavy atom. The summed E-state index contributed by atoms with van der Waals surface area (Å²) in [4.78, 5) is 11.6. The van der Waals surface area contributed by atoms with E-state index in [4.69, 9.17) is 0 Å². The Labute approximate surface area is 67.2 Å². The van der Waals surface area contributed by atoms with E-state index < -0.39 is 0 Å². The van der Waals surface area contributed by atoms with Crippen molar-refractivity contribution in [3.63, 3.8) is 0 Å². The smallest absolute Gasteiger partial charge is 0.139 e. The normalized spacial score (nSPS) is 53.6. The zero-order valence-electron chi connectivity index (χ0n) is 6.81. The van der Waals surface area contributed by atoms with Crippen molar-refractivity contribution in [2.45, 2.75) is 38.5 Å². The van der Waals surface area contributed by atoms with E-state index in [0.29, 0.717) is 5.78 Å². The number of rotatable bonds is 0. The fourth-order valence-electron chi connectivity index (χ4n) is 3.91. The molecule has 11 heavy (non-hydrogen) atoms. The van der Waals surface area contributed by atoms with Crippen LogP contribution in [0.25, 0.3) is 0 Å². The van der Waals surface area contributed by atoms with Gasteiger partial charge in [0, 0.05) is 11.8 Å². The molecule has 0 amide bonds. The zero-order valence-corrected chi connectivity index (χ0v) is 6.81. The quantitative estimate of drug-likeness (QED) is 0.517. The summed E-state index contributed by atoms with van der Waals surface area (Å²) in [7, 11) is 0. The third kappa shape index (κ3) is 0.533. The Kier molecular flexibility index (Phi) is 0.961. The van der Waals surface area contributed by atoms with E-state index in [2.05, 4.69) is 0 Å². The number of hydrogen-bond donors (Lipinski definition) is 0. The van der Waals surface area contributed by atoms with Gasteiger partial charge in [0.15, 0.2) is 0 Å². The van der Waals surface area contributed by atoms with Gasteiger partial charge in [-0.25, -0.2) is 0 Å². The van der Waals surface area contributed by atoms with Crippen molar-refractivity contribution in [1.29, 1.82) is 0 Å². The minimum atomic E-state index is 0.241. The molecule has 0 heterocycles. The van der Waals surface area contributed by atoms with Gasteiger partial charge in [0.1, 0.15) is 5.78 Å². The van der Waals surface area contributed by atoms with Crippen molar-refractivity contribution >= 4 is 5.78 Å². The fraction of sp³-hybridized carbons (Fsp3) is 0.900. The Bertz CT molecular complexity index is 217. The van der Waals surface area contributed by atoms with Gasteiger partial charge in [0.25, 0.3) is 0 Å². The molecule has 0 radical (unpaired) electrons. The maximum atomic E-state index is 11.6. The minimum Gasteiger partial charge on any atom is -0.299 e. The summed E-state index contributed by atoms with van der Waals surface area (Å²) in [6, 6.07) is 0. The van der Waals surface area contributed by atoms with Gasteiger partial charge >= 0.3 is 0 Å². The molecule has 0 unspecified atom stereocenters. The summed E-state index contributed by atoms with van der Waals surface area (Å²) in [5, 5.41) is 0. The van der Waals surface area contributed by atoms with Crippen molar-refractivity contribution in [1.82, 2.24) is 0 Å². The van der Waals surface area contributed by atoms with Crippen LogP contribution in [0.5, 0.6) is 0 Å². The molecule has 3 saturated carbocycles. The number of carbonyl (C=O) groups is 1. The highest BCUT2D eigenvalue weighted by Crippen LogP contribution is 2.63. The second kappa shape index (κ2) is 1.70. The van der Waals surface area contributed by atoms with Gasteiger partial charge in [-0.1, -0.05) is 6.42 Å². The summed E-state index contributed by atoms with van der Waals surface area (Å²) in [6.45, 7) is 0. The van der Waals surface area contributed by atoms with Crippen molar-refractivity contribution in [2.75, 3.05) is 0 Å². The van der Waals surface area contributed by atoms with Crippen molar-refractivity contribution in [3.8, 4) is 0 Å². The first-order chi connectivity index (χ1) is 5.33. The molecule has 3 rings (SSSR count). The average molecular weight is 150 g/mol. The second-order valence-corrected chi connectivity index (χ2v) is 4.58. The van der Waals surface area contributed by atoms with E-state index >= 15 is 0 Å². The lowest BCUT2D eigenvalue weighted by atomic mass is 9.80. The predicted molar refractivity (Wildman–Crippen MR) is 42.1 cm³/mol. The largest absolute Gasteiger partial charge is 0.299 e. The minimum absolute atomic E-state index is 0.241. The monoisotopic (exact) mass is 150 g/mol. The number of ketones is 1. The van der Waals surface area contributed by atoms with Crippen LogP contribution >= 0.6 is 0 Å². The van der Waals surface area contributed by atoms with Crippen molar-refractivity contribution in [3.05, 3.63) is 0 Å². The lowest BCUT2D eigenvalue weighted by molar-refractivity contribution is -0.127. The van der Waals surface area contributed by atoms with E-state index in [9.17, 15) is 4.79 Å². The molecule has 3 aliphatic carbocycles. The highest BCUT2D eigenvalue weighted by atomic mass is 16.1. The predicted octanol–water partition coefficient (Wildman–Crippen LogP) is 2.16. The Balaban J connectivity index is 2.09. The molecule has 3 aliphatic rings. The summed E-state index contributed by atoms with van der Waals surface area (Å²) in [6.07, 6.45) is 7.44. The lowest BCUT2D eigenvalue weighted by Gasteiger charge is -2.22. The molecule has 0 saturated heterocycles. The number of hydrogen-bond acceptors (Lipinski definition) is 1. The Hall–Kier alpha value is -0.330. The van der Waals surface area contributed by atoms with Crippen molar-refractivity contribution in [2.24, 2.45) is 17.3 Å². The van der Waals surface area contributed by atoms with Crippen LogP contribution in [0.4, 0.5) is 0 Å². The molecule has 0 N–H and O–H groups in total. The molecule has 1 heteroatoms. The van der Waals surface area contributed by atoms with Crippen LogP contribution in [0.2, 0.25) is 0 Å². The molecule has 3 fully saturated rings. The van der Waals surface area contributed by atoms with Gasteiger partial charge in [-0.15, -0.1) is 0 Å². The number of Topliss-reactive ketones (excluding diaryl/α,β-unsaturated/α-hetero) is 1. The van der Waals surface area contributed by atoms with Gasteiger partial charge in [-0.3, -0.25) is 4.79 Å². The van der Waals surface area contributed by atoms with Gasteiger partial charge in [-0.05, 0) is 37.5 Å². The molecule has 60 valence electrons. The molecule has 0 spiro atoms. The second-order valence-electron chi connectivity index (χ2n) is 4.58. The molecule has 0 aromatic carbocycles. The summed E-state index contributed by atoms with van der Waals surface area (Å²) in [5.41, 5.74) is 0.241. The Morgan fingerprint density at radius 2 is 2.18 bits per heavy atom. The molecular weight excluding hydrogens is 136 g/mol. The van der Waals surface area contributed by atoms with Crippen LogP contribution < -0.4 is 0 Å². The van der Waals surface area contributed by atoms with Crippen LogP contribution in [0.15, 0.2) is 0 Å². The molecule has 3 atom stereocenters. The summed E-state index contributed by atoms with van der Waals surface area (Å²) >= 11 is 0. The van der Waals surface area contributed by atoms with E-state index in [1.807, 2.05) is 0 Å². The van der Waals surface area contributed by atoms with Crippen LogP contribution in [-0.2, 0) is 4.79 Å². The van der Waals surface area contributed by atoms with Gasteiger partial charge in [0.05, 0.1) is 0 Å². The van der Waals surface area contributed by atoms with Crippen LogP contribution in [-0.4, -0.2) is 5.78 Å². The van der Waals surface area contributed by atoms with Gasteiger partial charge in [0.2, 0.25) is 0 Å². The van der Waals surface area contributed by atoms with Gasteiger partial charge < -0.3 is 0 Å². The fourth-order valence-corrected chi connectivity index (χ4v) is 3.91. The molecular formula is C10H14O. The third-order valence-corrected chi connectivity index (χ3v) is 4.38. The van der Waals surface area contributed by atoms with Gasteiger partial charge in [-0.2, -0.15) is 0 Å². The summed E-state index contributed by atoms with van der Waals surface area (Å²) in [5.74, 6) is 2.26. The molecule has 2 bridgehead atoms. The van der Waals surface area contributed by atoms with E-state index in [1.54, 1.807) is 0 Å². The first-order valence-corrected chi connectivity index (χ1v) is 4.86. The lowest BCUT2D eigenvalue weighted by Crippen LogP contribution is -2.25. The summed E-state index contributed by atoms with van der Waals surface area (Å²) < 4.78 is 0. The Morgan fingerprint density at radius 3 is 2.91 bits per heavy atom. The maximum absolute atomic E-state index is 11.6. The molecule has 1 nitrogen and oxygen atoms in total. The van der Waals surface area contributed by atoms with E-state index in [0.717, 1.165) is 18.3 Å². The van der Waals surface area contributed by atoms with E-state index in [1.165, 1.54) is 32.1 Å². The topological polar surface area (TPSA) is 17.1 Å². The maximum Gasteiger partial charge on any atom is 0.139 e. The first kappa shape index (κ1) is 6.22. The molecule has 0 aliphatic heterocycles. The highest BCUT2D eigenvalue weighted by molar-refractivity contribution is 5.89. The van der Waals surface area contributed by atoms with Crippen molar-refractivity contribution < 1.29 is 4.79 Å². The molecule has 0 aromatic heterocycles. The van der Waals surface area contributed by atoms with Crippen LogP contribution in [0.3, 0.4) is 0 Å². The zero-order chi connectivity index (χ0) is 7.47. The van der Waals surface area contributed by atoms with E-state index in [-0.39, 0.29) is 5.41 Å². The third-order valence-electron chi connectivity index (χ3n) is 4.38. The standard InChI is InChI=1S/C10H14O/c11-9-6-7-3-5-10(9)4-1-2-8(7)10/h7-8H,1-6H2/t7-,8-,10-/m0/s1.